The molecule has 0 saturated carbocycles. The number of rotatable bonds is 10. The van der Waals surface area contributed by atoms with Crippen molar-refractivity contribution >= 4 is 17.7 Å². The van der Waals surface area contributed by atoms with Crippen molar-refractivity contribution in [2.24, 2.45) is 0 Å². The predicted molar refractivity (Wildman–Crippen MR) is 135 cm³/mol. The number of allylic oxidation sites excluding steroid dienone is 1. The van der Waals surface area contributed by atoms with Gasteiger partial charge in [0.05, 0.1) is 31.0 Å². The molecule has 1 aliphatic rings. The van der Waals surface area contributed by atoms with E-state index in [1.165, 1.54) is 19.3 Å². The van der Waals surface area contributed by atoms with Gasteiger partial charge in [0, 0.05) is 45.8 Å². The average molecular weight is 516 g/mol. The molecule has 0 radical (unpaired) electrons. The third kappa shape index (κ3) is 7.34. The average Bonchev–Trinajstić information content (AvgIpc) is 3.30. The Bertz CT molecular complexity index is 1160. The van der Waals surface area contributed by atoms with E-state index in [0.29, 0.717) is 42.9 Å². The van der Waals surface area contributed by atoms with Crippen molar-refractivity contribution in [2.45, 2.75) is 12.0 Å². The minimum atomic E-state index is -0.936. The maximum absolute atomic E-state index is 13.9. The van der Waals surface area contributed by atoms with Gasteiger partial charge >= 0.3 is 12.0 Å². The van der Waals surface area contributed by atoms with Crippen LogP contribution < -0.4 is 16.0 Å². The molecule has 0 unspecified atom stereocenters. The summed E-state index contributed by atoms with van der Waals surface area (Å²) in [5, 5.41) is 16.8. The van der Waals surface area contributed by atoms with Gasteiger partial charge in [0.2, 0.25) is 0 Å². The fourth-order valence-corrected chi connectivity index (χ4v) is 4.14. The highest BCUT2D eigenvalue weighted by Gasteiger charge is 2.35. The highest BCUT2D eigenvalue weighted by atomic mass is 19.2. The van der Waals surface area contributed by atoms with E-state index in [1.807, 2.05) is 0 Å². The second-order valence-corrected chi connectivity index (χ2v) is 8.53. The Balaban J connectivity index is 1.69. The maximum atomic E-state index is 13.9. The van der Waals surface area contributed by atoms with E-state index in [-0.39, 0.29) is 23.5 Å². The van der Waals surface area contributed by atoms with Crippen LogP contribution in [0.15, 0.2) is 54.4 Å². The number of halogens is 2. The third-order valence-electron chi connectivity index (χ3n) is 6.12. The molecule has 2 atom stereocenters. The number of nitrogens with one attached hydrogen (secondary N) is 4. The molecule has 0 aromatic heterocycles. The van der Waals surface area contributed by atoms with Crippen LogP contribution in [-0.2, 0) is 9.47 Å². The van der Waals surface area contributed by atoms with Crippen LogP contribution in [0.1, 0.15) is 27.4 Å². The molecule has 9 nitrogen and oxygen atoms in total. The maximum Gasteiger partial charge on any atom is 0.337 e. The lowest BCUT2D eigenvalue weighted by Gasteiger charge is -2.21. The second-order valence-electron chi connectivity index (χ2n) is 8.53. The molecule has 37 heavy (non-hydrogen) atoms. The molecule has 2 aromatic carbocycles. The molecule has 11 heteroatoms. The van der Waals surface area contributed by atoms with Crippen LogP contribution in [0.3, 0.4) is 0 Å². The van der Waals surface area contributed by atoms with Crippen LogP contribution >= 0.6 is 0 Å². The first-order valence-electron chi connectivity index (χ1n) is 11.7. The Morgan fingerprint density at radius 1 is 1.08 bits per heavy atom. The van der Waals surface area contributed by atoms with Crippen LogP contribution in [-0.4, -0.2) is 76.2 Å². The van der Waals surface area contributed by atoms with Crippen molar-refractivity contribution in [2.75, 3.05) is 47.5 Å². The van der Waals surface area contributed by atoms with Gasteiger partial charge in [0.25, 0.3) is 0 Å². The number of nitrogens with zero attached hydrogens (tertiary/aromatic N) is 1. The third-order valence-corrected chi connectivity index (χ3v) is 6.12. The molecule has 1 fully saturated rings. The summed E-state index contributed by atoms with van der Waals surface area (Å²) < 4.78 is 37.2. The van der Waals surface area contributed by atoms with Crippen LogP contribution in [0.4, 0.5) is 13.6 Å². The summed E-state index contributed by atoms with van der Waals surface area (Å²) in [6.45, 7) is 2.17. The van der Waals surface area contributed by atoms with Gasteiger partial charge in [-0.2, -0.15) is 0 Å². The monoisotopic (exact) mass is 515 g/mol. The van der Waals surface area contributed by atoms with Gasteiger partial charge in [0.15, 0.2) is 11.6 Å². The molecule has 2 aromatic rings. The standard InChI is InChI=1S/C26H31F2N5O4/c1-30-24(13-22(29)16-4-6-17(7-5-16)25(34)37-3)32-26(35)31-23-15-33(10-11-36-2)14-19(23)18-8-9-20(27)21(28)12-18/h4-9,12-13,19,23,29-30H,10-11,14-15H2,1-3H3,(H2,31,32,35)/b24-13+,29-22?/t19-,23+/m0/s1. The number of hydrogen-bond acceptors (Lipinski definition) is 7. The largest absolute Gasteiger partial charge is 0.465 e. The molecular weight excluding hydrogens is 484 g/mol. The predicted octanol–water partition coefficient (Wildman–Crippen LogP) is 2.59. The molecule has 0 bridgehead atoms. The first-order chi connectivity index (χ1) is 17.7. The minimum Gasteiger partial charge on any atom is -0.465 e. The number of amides is 2. The first-order valence-corrected chi connectivity index (χ1v) is 11.7. The first kappa shape index (κ1) is 27.8. The number of likely N-dealkylation sites (tertiary alicyclic amines) is 1. The van der Waals surface area contributed by atoms with Crippen molar-refractivity contribution in [1.82, 2.24) is 20.9 Å². The molecule has 3 rings (SSSR count). The van der Waals surface area contributed by atoms with Crippen molar-refractivity contribution < 1.29 is 27.8 Å². The Kier molecular flexibility index (Phi) is 9.70. The van der Waals surface area contributed by atoms with Crippen molar-refractivity contribution in [3.63, 3.8) is 0 Å². The number of methoxy groups -OCH3 is 2. The van der Waals surface area contributed by atoms with E-state index in [0.717, 1.165) is 12.1 Å². The SMILES string of the molecule is CN/C(=C\C(=N)c1ccc(C(=O)OC)cc1)NC(=O)N[C@@H]1CN(CCOC)C[C@H]1c1ccc(F)c(F)c1. The zero-order valence-corrected chi connectivity index (χ0v) is 20.9. The van der Waals surface area contributed by atoms with Gasteiger partial charge in [0.1, 0.15) is 5.82 Å². The summed E-state index contributed by atoms with van der Waals surface area (Å²) in [4.78, 5) is 26.5. The van der Waals surface area contributed by atoms with Crippen LogP contribution in [0, 0.1) is 17.0 Å². The second kappa shape index (κ2) is 12.9. The topological polar surface area (TPSA) is 116 Å². The quantitative estimate of drug-likeness (QED) is 0.286. The number of urea groups is 1. The summed E-state index contributed by atoms with van der Waals surface area (Å²) in [5.41, 5.74) is 1.59. The molecule has 1 heterocycles. The number of carbonyl (C=O) groups is 2. The summed E-state index contributed by atoms with van der Waals surface area (Å²) in [7, 11) is 4.49. The number of carbonyl (C=O) groups excluding carboxylic acids is 2. The number of esters is 1. The lowest BCUT2D eigenvalue weighted by Crippen LogP contribution is -2.46. The van der Waals surface area contributed by atoms with E-state index in [9.17, 15) is 18.4 Å². The summed E-state index contributed by atoms with van der Waals surface area (Å²) in [5.74, 6) is -2.32. The molecular formula is C26H31F2N5O4. The van der Waals surface area contributed by atoms with Crippen LogP contribution in [0.2, 0.25) is 0 Å². The van der Waals surface area contributed by atoms with Gasteiger partial charge in [-0.05, 0) is 35.4 Å². The molecule has 4 N–H and O–H groups in total. The normalized spacial score (nSPS) is 17.8. The smallest absolute Gasteiger partial charge is 0.337 e. The fourth-order valence-electron chi connectivity index (χ4n) is 4.14. The van der Waals surface area contributed by atoms with Gasteiger partial charge < -0.3 is 25.5 Å². The number of ether oxygens (including phenoxy) is 2. The Morgan fingerprint density at radius 3 is 2.41 bits per heavy atom. The molecule has 2 amide bonds. The molecule has 1 saturated heterocycles. The fraction of sp³-hybridized carbons (Fsp3) is 0.346. The summed E-state index contributed by atoms with van der Waals surface area (Å²) in [6, 6.07) is 9.22. The number of benzene rings is 2. The van der Waals surface area contributed by atoms with Crippen LogP contribution in [0.5, 0.6) is 0 Å². The van der Waals surface area contributed by atoms with Crippen molar-refractivity contribution in [3.8, 4) is 0 Å². The van der Waals surface area contributed by atoms with Crippen LogP contribution in [0.25, 0.3) is 0 Å². The zero-order chi connectivity index (χ0) is 26.9. The number of hydrogen-bond donors (Lipinski definition) is 4. The van der Waals surface area contributed by atoms with Crippen molar-refractivity contribution in [3.05, 3.63) is 82.7 Å². The Morgan fingerprint density at radius 2 is 1.78 bits per heavy atom. The lowest BCUT2D eigenvalue weighted by molar-refractivity contribution is 0.0600. The van der Waals surface area contributed by atoms with E-state index >= 15 is 0 Å². The van der Waals surface area contributed by atoms with Gasteiger partial charge in [-0.1, -0.05) is 18.2 Å². The highest BCUT2D eigenvalue weighted by Crippen LogP contribution is 2.28. The van der Waals surface area contributed by atoms with Gasteiger partial charge in [-0.3, -0.25) is 10.2 Å². The van der Waals surface area contributed by atoms with Gasteiger partial charge in [-0.15, -0.1) is 0 Å². The molecule has 1 aliphatic heterocycles. The lowest BCUT2D eigenvalue weighted by atomic mass is 9.94. The molecule has 0 aliphatic carbocycles. The summed E-state index contributed by atoms with van der Waals surface area (Å²) in [6.07, 6.45) is 1.44. The van der Waals surface area contributed by atoms with E-state index in [4.69, 9.17) is 10.1 Å². The highest BCUT2D eigenvalue weighted by molar-refractivity contribution is 6.07. The minimum absolute atomic E-state index is 0.104. The Labute approximate surface area is 214 Å². The Hall–Kier alpha value is -3.83. The van der Waals surface area contributed by atoms with E-state index < -0.39 is 23.6 Å². The van der Waals surface area contributed by atoms with Gasteiger partial charge in [-0.25, -0.2) is 18.4 Å². The molecule has 0 spiro atoms. The molecule has 198 valence electrons. The zero-order valence-electron chi connectivity index (χ0n) is 20.9. The van der Waals surface area contributed by atoms with Crippen molar-refractivity contribution in [1.29, 1.82) is 5.41 Å². The van der Waals surface area contributed by atoms with E-state index in [1.54, 1.807) is 38.4 Å². The van der Waals surface area contributed by atoms with E-state index in [2.05, 4.69) is 25.6 Å². The summed E-state index contributed by atoms with van der Waals surface area (Å²) >= 11 is 0.